The van der Waals surface area contributed by atoms with Crippen molar-refractivity contribution in [2.24, 2.45) is 11.7 Å². The van der Waals surface area contributed by atoms with E-state index in [-0.39, 0.29) is 18.0 Å². The first kappa shape index (κ1) is 16.1. The number of likely N-dealkylation sites (tertiary alicyclic amines) is 1. The summed E-state index contributed by atoms with van der Waals surface area (Å²) in [6, 6.07) is -0.0719. The minimum absolute atomic E-state index is 0.149. The molecule has 2 aliphatic rings. The number of nitrogens with zero attached hydrogens (tertiary/aromatic N) is 1. The summed E-state index contributed by atoms with van der Waals surface area (Å²) >= 11 is 0. The van der Waals surface area contributed by atoms with Crippen LogP contribution in [0.1, 0.15) is 44.9 Å². The fraction of sp³-hybridized carbons (Fsp3) is 0.706. The van der Waals surface area contributed by atoms with Crippen LogP contribution in [0.4, 0.5) is 0 Å². The van der Waals surface area contributed by atoms with E-state index in [1.807, 2.05) is 4.90 Å². The van der Waals surface area contributed by atoms with Crippen LogP contribution in [0.15, 0.2) is 24.9 Å². The molecule has 0 radical (unpaired) electrons. The van der Waals surface area contributed by atoms with Crippen molar-refractivity contribution in [3.63, 3.8) is 0 Å². The zero-order chi connectivity index (χ0) is 15.2. The van der Waals surface area contributed by atoms with E-state index >= 15 is 0 Å². The van der Waals surface area contributed by atoms with Gasteiger partial charge < -0.3 is 16.0 Å². The van der Waals surface area contributed by atoms with E-state index in [1.54, 1.807) is 6.08 Å². The first-order chi connectivity index (χ1) is 10.1. The van der Waals surface area contributed by atoms with Crippen molar-refractivity contribution in [2.45, 2.75) is 57.0 Å². The molecule has 4 heteroatoms. The smallest absolute Gasteiger partial charge is 0.240 e. The number of carbonyl (C=O) groups is 1. The van der Waals surface area contributed by atoms with Crippen molar-refractivity contribution in [3.8, 4) is 0 Å². The third-order valence-corrected chi connectivity index (χ3v) is 4.91. The normalized spacial score (nSPS) is 24.6. The van der Waals surface area contributed by atoms with Crippen LogP contribution < -0.4 is 11.1 Å². The molecule has 0 spiro atoms. The van der Waals surface area contributed by atoms with Gasteiger partial charge in [0, 0.05) is 24.8 Å². The first-order valence-corrected chi connectivity index (χ1v) is 8.24. The van der Waals surface area contributed by atoms with Gasteiger partial charge in [0.05, 0.1) is 6.04 Å². The van der Waals surface area contributed by atoms with E-state index in [0.29, 0.717) is 5.92 Å². The second-order valence-corrected chi connectivity index (χ2v) is 6.36. The molecule has 0 aromatic heterocycles. The molecule has 3 N–H and O–H groups in total. The molecule has 118 valence electrons. The Labute approximate surface area is 128 Å². The van der Waals surface area contributed by atoms with Crippen LogP contribution in [0, 0.1) is 5.92 Å². The second kappa shape index (κ2) is 7.64. The van der Waals surface area contributed by atoms with Gasteiger partial charge in [-0.05, 0) is 37.7 Å². The Balaban J connectivity index is 1.89. The van der Waals surface area contributed by atoms with Crippen LogP contribution in [0.2, 0.25) is 0 Å². The molecule has 1 amide bonds. The van der Waals surface area contributed by atoms with Gasteiger partial charge >= 0.3 is 0 Å². The lowest BCUT2D eigenvalue weighted by molar-refractivity contribution is -0.134. The van der Waals surface area contributed by atoms with Gasteiger partial charge in [0.1, 0.15) is 0 Å². The highest BCUT2D eigenvalue weighted by Gasteiger charge is 2.35. The summed E-state index contributed by atoms with van der Waals surface area (Å²) in [7, 11) is 0. The highest BCUT2D eigenvalue weighted by molar-refractivity contribution is 5.82. The van der Waals surface area contributed by atoms with Crippen LogP contribution in [-0.4, -0.2) is 36.0 Å². The van der Waals surface area contributed by atoms with Crippen molar-refractivity contribution in [2.75, 3.05) is 13.1 Å². The molecule has 0 aromatic carbocycles. The van der Waals surface area contributed by atoms with Gasteiger partial charge in [-0.2, -0.15) is 0 Å². The summed E-state index contributed by atoms with van der Waals surface area (Å²) in [5.74, 6) is 0.527. The molecule has 1 saturated carbocycles. The molecule has 2 atom stereocenters. The molecular formula is C17H29N3O. The molecule has 1 heterocycles. The van der Waals surface area contributed by atoms with Gasteiger partial charge in [-0.3, -0.25) is 4.79 Å². The van der Waals surface area contributed by atoms with E-state index < -0.39 is 0 Å². The molecule has 2 rings (SSSR count). The SMILES string of the molecule is C=CC(=C)NC[C@@H]1CCCN1C(=O)[C@@H](N)C1CCCCC1. The van der Waals surface area contributed by atoms with Crippen LogP contribution in [0.3, 0.4) is 0 Å². The first-order valence-electron chi connectivity index (χ1n) is 8.24. The Hall–Kier alpha value is -1.29. The summed E-state index contributed by atoms with van der Waals surface area (Å²) < 4.78 is 0. The standard InChI is InChI=1S/C17H29N3O/c1-3-13(2)19-12-15-10-7-11-20(15)17(21)16(18)14-8-5-4-6-9-14/h3,14-16,19H,1-2,4-12,18H2/t15-,16-/m0/s1. The van der Waals surface area contributed by atoms with Crippen molar-refractivity contribution in [1.82, 2.24) is 10.2 Å². The van der Waals surface area contributed by atoms with E-state index in [1.165, 1.54) is 19.3 Å². The Bertz CT molecular complexity index is 387. The Kier molecular flexibility index (Phi) is 5.85. The zero-order valence-electron chi connectivity index (χ0n) is 13.0. The van der Waals surface area contributed by atoms with Gasteiger partial charge in [0.2, 0.25) is 5.91 Å². The van der Waals surface area contributed by atoms with Gasteiger partial charge in [-0.15, -0.1) is 0 Å². The van der Waals surface area contributed by atoms with Gasteiger partial charge in [0.15, 0.2) is 0 Å². The molecule has 2 fully saturated rings. The molecule has 21 heavy (non-hydrogen) atoms. The number of nitrogens with one attached hydrogen (secondary N) is 1. The molecule has 1 aliphatic carbocycles. The summed E-state index contributed by atoms with van der Waals surface area (Å²) in [6.07, 6.45) is 9.75. The van der Waals surface area contributed by atoms with Gasteiger partial charge in [0.25, 0.3) is 0 Å². The van der Waals surface area contributed by atoms with E-state index in [9.17, 15) is 4.79 Å². The van der Waals surface area contributed by atoms with Gasteiger partial charge in [-0.1, -0.05) is 32.4 Å². The van der Waals surface area contributed by atoms with E-state index in [0.717, 1.165) is 44.5 Å². The maximum absolute atomic E-state index is 12.7. The van der Waals surface area contributed by atoms with Crippen molar-refractivity contribution in [1.29, 1.82) is 0 Å². The van der Waals surface area contributed by atoms with Crippen molar-refractivity contribution in [3.05, 3.63) is 24.9 Å². The van der Waals surface area contributed by atoms with Gasteiger partial charge in [-0.25, -0.2) is 0 Å². The van der Waals surface area contributed by atoms with Crippen LogP contribution in [0.5, 0.6) is 0 Å². The van der Waals surface area contributed by atoms with E-state index in [2.05, 4.69) is 18.5 Å². The monoisotopic (exact) mass is 291 g/mol. The number of rotatable bonds is 6. The van der Waals surface area contributed by atoms with Crippen LogP contribution >= 0.6 is 0 Å². The molecule has 0 bridgehead atoms. The molecule has 1 aliphatic heterocycles. The molecule has 0 aromatic rings. The minimum Gasteiger partial charge on any atom is -0.383 e. The predicted molar refractivity (Wildman–Crippen MR) is 86.6 cm³/mol. The highest BCUT2D eigenvalue weighted by Crippen LogP contribution is 2.28. The minimum atomic E-state index is -0.312. The van der Waals surface area contributed by atoms with Crippen molar-refractivity contribution >= 4 is 5.91 Å². The number of hydrogen-bond acceptors (Lipinski definition) is 3. The molecule has 4 nitrogen and oxygen atoms in total. The number of nitrogens with two attached hydrogens (primary N) is 1. The zero-order valence-corrected chi connectivity index (χ0v) is 13.0. The second-order valence-electron chi connectivity index (χ2n) is 6.36. The topological polar surface area (TPSA) is 58.4 Å². The highest BCUT2D eigenvalue weighted by atomic mass is 16.2. The lowest BCUT2D eigenvalue weighted by atomic mass is 9.83. The Morgan fingerprint density at radius 1 is 1.29 bits per heavy atom. The quantitative estimate of drug-likeness (QED) is 0.737. The average Bonchev–Trinajstić information content (AvgIpc) is 3.00. The molecular weight excluding hydrogens is 262 g/mol. The Morgan fingerprint density at radius 3 is 2.67 bits per heavy atom. The summed E-state index contributed by atoms with van der Waals surface area (Å²) in [5, 5.41) is 3.23. The number of allylic oxidation sites excluding steroid dienone is 1. The summed E-state index contributed by atoms with van der Waals surface area (Å²) in [5.41, 5.74) is 7.08. The van der Waals surface area contributed by atoms with Crippen LogP contribution in [-0.2, 0) is 4.79 Å². The van der Waals surface area contributed by atoms with E-state index in [4.69, 9.17) is 5.73 Å². The Morgan fingerprint density at radius 2 is 2.00 bits per heavy atom. The maximum atomic E-state index is 12.7. The predicted octanol–water partition coefficient (Wildman–Crippen LogP) is 2.17. The maximum Gasteiger partial charge on any atom is 0.240 e. The lowest BCUT2D eigenvalue weighted by Crippen LogP contribution is -2.51. The molecule has 1 saturated heterocycles. The fourth-order valence-corrected chi connectivity index (χ4v) is 3.55. The number of amides is 1. The summed E-state index contributed by atoms with van der Waals surface area (Å²) in [6.45, 7) is 9.13. The molecule has 0 unspecified atom stereocenters. The van der Waals surface area contributed by atoms with Crippen LogP contribution in [0.25, 0.3) is 0 Å². The third kappa shape index (κ3) is 4.10. The lowest BCUT2D eigenvalue weighted by Gasteiger charge is -2.32. The van der Waals surface area contributed by atoms with Crippen molar-refractivity contribution < 1.29 is 4.79 Å². The number of hydrogen-bond donors (Lipinski definition) is 2. The third-order valence-electron chi connectivity index (χ3n) is 4.91. The summed E-state index contributed by atoms with van der Waals surface area (Å²) in [4.78, 5) is 14.7. The fourth-order valence-electron chi connectivity index (χ4n) is 3.55. The number of carbonyl (C=O) groups excluding carboxylic acids is 1. The largest absolute Gasteiger partial charge is 0.383 e. The average molecular weight is 291 g/mol.